The van der Waals surface area contributed by atoms with Crippen molar-refractivity contribution in [3.8, 4) is 0 Å². The Hall–Kier alpha value is -0.960. The Kier molecular flexibility index (Phi) is 3.80. The van der Waals surface area contributed by atoms with Crippen LogP contribution in [0.4, 0.5) is 8.78 Å². The van der Waals surface area contributed by atoms with E-state index >= 15 is 0 Å². The predicted molar refractivity (Wildman–Crippen MR) is 58.4 cm³/mol. The fraction of sp³-hybridized carbons (Fsp3) is 0.500. The number of aryl methyl sites for hydroxylation is 2. The number of nitrogens with one attached hydrogen (secondary N) is 1. The zero-order chi connectivity index (χ0) is 11.5. The Labute approximate surface area is 89.5 Å². The highest BCUT2D eigenvalue weighted by atomic mass is 19.3. The van der Waals surface area contributed by atoms with Gasteiger partial charge in [-0.05, 0) is 20.4 Å². The van der Waals surface area contributed by atoms with Crippen molar-refractivity contribution in [2.24, 2.45) is 0 Å². The summed E-state index contributed by atoms with van der Waals surface area (Å²) in [5.74, 6) is -2.78. The first-order chi connectivity index (χ1) is 6.95. The van der Waals surface area contributed by atoms with Gasteiger partial charge < -0.3 is 5.32 Å². The summed E-state index contributed by atoms with van der Waals surface area (Å²) >= 11 is 0. The summed E-state index contributed by atoms with van der Waals surface area (Å²) in [5.41, 5.74) is 1.85. The molecule has 1 aromatic rings. The van der Waals surface area contributed by atoms with Gasteiger partial charge in [-0.25, -0.2) is 0 Å². The molecule has 0 saturated carbocycles. The summed E-state index contributed by atoms with van der Waals surface area (Å²) in [7, 11) is 0. The molecule has 0 aliphatic rings. The lowest BCUT2D eigenvalue weighted by atomic mass is 10.0. The molecule has 0 amide bonds. The largest absolute Gasteiger partial charge is 0.311 e. The summed E-state index contributed by atoms with van der Waals surface area (Å²) < 4.78 is 27.3. The quantitative estimate of drug-likeness (QED) is 0.810. The number of likely N-dealkylation sites (N-methyl/N-ethyl adjacent to an activating group) is 1. The predicted octanol–water partition coefficient (Wildman–Crippen LogP) is 3.00. The van der Waals surface area contributed by atoms with Crippen LogP contribution < -0.4 is 5.32 Å². The number of rotatable bonds is 4. The highest BCUT2D eigenvalue weighted by Crippen LogP contribution is 2.28. The first-order valence-electron chi connectivity index (χ1n) is 5.13. The maximum absolute atomic E-state index is 13.6. The van der Waals surface area contributed by atoms with Gasteiger partial charge in [-0.15, -0.1) is 0 Å². The van der Waals surface area contributed by atoms with Gasteiger partial charge in [-0.1, -0.05) is 36.2 Å². The number of hydrogen-bond acceptors (Lipinski definition) is 1. The van der Waals surface area contributed by atoms with Crippen molar-refractivity contribution in [1.82, 2.24) is 5.32 Å². The Balaban J connectivity index is 2.93. The van der Waals surface area contributed by atoms with Gasteiger partial charge in [0.05, 0.1) is 6.54 Å². The van der Waals surface area contributed by atoms with Gasteiger partial charge in [0.2, 0.25) is 0 Å². The molecule has 1 rings (SSSR count). The molecule has 0 spiro atoms. The van der Waals surface area contributed by atoms with E-state index in [1.165, 1.54) is 0 Å². The van der Waals surface area contributed by atoms with Gasteiger partial charge in [0, 0.05) is 5.56 Å². The molecule has 0 atom stereocenters. The van der Waals surface area contributed by atoms with E-state index in [4.69, 9.17) is 0 Å². The fourth-order valence-electron chi connectivity index (χ4n) is 1.57. The Morgan fingerprint density at radius 2 is 1.67 bits per heavy atom. The number of hydrogen-bond donors (Lipinski definition) is 1. The lowest BCUT2D eigenvalue weighted by Gasteiger charge is -2.18. The van der Waals surface area contributed by atoms with Gasteiger partial charge in [0.15, 0.2) is 0 Å². The molecule has 0 saturated heterocycles. The summed E-state index contributed by atoms with van der Waals surface area (Å²) in [4.78, 5) is 0. The second kappa shape index (κ2) is 4.71. The molecule has 1 N–H and O–H groups in total. The van der Waals surface area contributed by atoms with E-state index in [-0.39, 0.29) is 12.1 Å². The normalized spacial score (nSPS) is 11.8. The van der Waals surface area contributed by atoms with E-state index in [9.17, 15) is 8.78 Å². The average Bonchev–Trinajstić information content (AvgIpc) is 2.13. The van der Waals surface area contributed by atoms with E-state index in [0.717, 1.165) is 11.1 Å². The molecular formula is C12H17F2N. The van der Waals surface area contributed by atoms with Crippen LogP contribution >= 0.6 is 0 Å². The minimum absolute atomic E-state index is 0.0981. The van der Waals surface area contributed by atoms with E-state index in [0.29, 0.717) is 6.54 Å². The van der Waals surface area contributed by atoms with E-state index in [1.54, 1.807) is 12.1 Å². The van der Waals surface area contributed by atoms with E-state index < -0.39 is 5.92 Å². The first-order valence-corrected chi connectivity index (χ1v) is 5.13. The number of alkyl halides is 2. The maximum atomic E-state index is 13.6. The van der Waals surface area contributed by atoms with Crippen molar-refractivity contribution in [3.63, 3.8) is 0 Å². The molecule has 0 fully saturated rings. The van der Waals surface area contributed by atoms with Gasteiger partial charge in [-0.3, -0.25) is 0 Å². The molecule has 0 radical (unpaired) electrons. The Morgan fingerprint density at radius 1 is 1.13 bits per heavy atom. The number of halogens is 2. The highest BCUT2D eigenvalue weighted by molar-refractivity contribution is 5.31. The van der Waals surface area contributed by atoms with Crippen LogP contribution in [0.3, 0.4) is 0 Å². The molecule has 1 aromatic carbocycles. The molecule has 0 heterocycles. The van der Waals surface area contributed by atoms with Crippen LogP contribution in [0.5, 0.6) is 0 Å². The molecule has 0 bridgehead atoms. The molecule has 3 heteroatoms. The van der Waals surface area contributed by atoms with Crippen LogP contribution in [0.25, 0.3) is 0 Å². The Bertz CT molecular complexity index is 314. The van der Waals surface area contributed by atoms with Crippen LogP contribution in [-0.4, -0.2) is 13.1 Å². The zero-order valence-corrected chi connectivity index (χ0v) is 9.40. The second-order valence-electron chi connectivity index (χ2n) is 3.86. The average molecular weight is 213 g/mol. The maximum Gasteiger partial charge on any atom is 0.285 e. The SMILES string of the molecule is CCNCC(F)(F)c1cc(C)cc(C)c1. The highest BCUT2D eigenvalue weighted by Gasteiger charge is 2.30. The second-order valence-corrected chi connectivity index (χ2v) is 3.86. The van der Waals surface area contributed by atoms with E-state index in [2.05, 4.69) is 5.32 Å². The van der Waals surface area contributed by atoms with Gasteiger partial charge in [-0.2, -0.15) is 8.78 Å². The smallest absolute Gasteiger partial charge is 0.285 e. The lowest BCUT2D eigenvalue weighted by molar-refractivity contribution is -0.00271. The van der Waals surface area contributed by atoms with Crippen molar-refractivity contribution in [3.05, 3.63) is 34.9 Å². The van der Waals surface area contributed by atoms with Crippen molar-refractivity contribution in [1.29, 1.82) is 0 Å². The van der Waals surface area contributed by atoms with Crippen LogP contribution in [0.2, 0.25) is 0 Å². The van der Waals surface area contributed by atoms with Crippen LogP contribution in [0.15, 0.2) is 18.2 Å². The van der Waals surface area contributed by atoms with Crippen LogP contribution in [0.1, 0.15) is 23.6 Å². The van der Waals surface area contributed by atoms with Crippen molar-refractivity contribution >= 4 is 0 Å². The molecule has 0 unspecified atom stereocenters. The van der Waals surface area contributed by atoms with Crippen molar-refractivity contribution < 1.29 is 8.78 Å². The standard InChI is InChI=1S/C12H17F2N/c1-4-15-8-12(13,14)11-6-9(2)5-10(3)7-11/h5-7,15H,4,8H2,1-3H3. The summed E-state index contributed by atoms with van der Waals surface area (Å²) in [5, 5.41) is 2.68. The monoisotopic (exact) mass is 213 g/mol. The molecular weight excluding hydrogens is 196 g/mol. The third-order valence-corrected chi connectivity index (χ3v) is 2.24. The first kappa shape index (κ1) is 12.1. The Morgan fingerprint density at radius 3 is 2.13 bits per heavy atom. The molecule has 1 nitrogen and oxygen atoms in total. The lowest BCUT2D eigenvalue weighted by Crippen LogP contribution is -2.30. The van der Waals surface area contributed by atoms with Crippen LogP contribution in [0, 0.1) is 13.8 Å². The topological polar surface area (TPSA) is 12.0 Å². The van der Waals surface area contributed by atoms with Crippen molar-refractivity contribution in [2.45, 2.75) is 26.7 Å². The third kappa shape index (κ3) is 3.27. The molecule has 0 aliphatic heterocycles. The van der Waals surface area contributed by atoms with Gasteiger partial charge in [0.1, 0.15) is 0 Å². The fourth-order valence-corrected chi connectivity index (χ4v) is 1.57. The van der Waals surface area contributed by atoms with Gasteiger partial charge >= 0.3 is 0 Å². The van der Waals surface area contributed by atoms with Crippen molar-refractivity contribution in [2.75, 3.05) is 13.1 Å². The molecule has 0 aromatic heterocycles. The minimum Gasteiger partial charge on any atom is -0.311 e. The zero-order valence-electron chi connectivity index (χ0n) is 9.40. The molecule has 84 valence electrons. The minimum atomic E-state index is -2.78. The third-order valence-electron chi connectivity index (χ3n) is 2.24. The summed E-state index contributed by atoms with van der Waals surface area (Å²) in [6.07, 6.45) is 0. The van der Waals surface area contributed by atoms with Gasteiger partial charge in [0.25, 0.3) is 5.92 Å². The summed E-state index contributed by atoms with van der Waals surface area (Å²) in [6, 6.07) is 4.99. The summed E-state index contributed by atoms with van der Waals surface area (Å²) in [6.45, 7) is 5.74. The van der Waals surface area contributed by atoms with Crippen LogP contribution in [-0.2, 0) is 5.92 Å². The van der Waals surface area contributed by atoms with E-state index in [1.807, 2.05) is 26.8 Å². The molecule has 15 heavy (non-hydrogen) atoms. The number of benzene rings is 1. The molecule has 0 aliphatic carbocycles.